The molecule has 1 aromatic heterocycles. The van der Waals surface area contributed by atoms with Crippen molar-refractivity contribution in [1.82, 2.24) is 0 Å². The first-order valence-corrected chi connectivity index (χ1v) is 6.60. The summed E-state index contributed by atoms with van der Waals surface area (Å²) in [6.45, 7) is 0. The Balaban J connectivity index is 2.54. The van der Waals surface area contributed by atoms with E-state index in [2.05, 4.69) is 0 Å². The Kier molecular flexibility index (Phi) is 4.29. The van der Waals surface area contributed by atoms with Crippen molar-refractivity contribution < 1.29 is 19.3 Å². The fraction of sp³-hybridized carbons (Fsp3) is 0.286. The zero-order valence-electron chi connectivity index (χ0n) is 11.0. The van der Waals surface area contributed by atoms with E-state index in [1.54, 1.807) is 33.5 Å². The first-order chi connectivity index (χ1) is 9.21. The molecule has 0 spiro atoms. The molecule has 5 heteroatoms. The fourth-order valence-electron chi connectivity index (χ4n) is 1.89. The highest BCUT2D eigenvalue weighted by molar-refractivity contribution is 7.10. The van der Waals surface area contributed by atoms with Gasteiger partial charge in [-0.3, -0.25) is 0 Å². The molecule has 1 N–H and O–H groups in total. The Morgan fingerprint density at radius 3 is 2.11 bits per heavy atom. The van der Waals surface area contributed by atoms with Gasteiger partial charge < -0.3 is 19.3 Å². The van der Waals surface area contributed by atoms with Gasteiger partial charge in [-0.15, -0.1) is 11.3 Å². The van der Waals surface area contributed by atoms with Crippen molar-refractivity contribution in [1.29, 1.82) is 0 Å². The number of aliphatic hydroxyl groups is 1. The fourth-order valence-corrected chi connectivity index (χ4v) is 2.61. The summed E-state index contributed by atoms with van der Waals surface area (Å²) in [5.41, 5.74) is 0.605. The van der Waals surface area contributed by atoms with Crippen molar-refractivity contribution in [3.8, 4) is 17.2 Å². The molecule has 0 bridgehead atoms. The minimum atomic E-state index is -0.782. The Morgan fingerprint density at radius 2 is 1.68 bits per heavy atom. The zero-order chi connectivity index (χ0) is 13.8. The number of hydrogen-bond donors (Lipinski definition) is 1. The van der Waals surface area contributed by atoms with Gasteiger partial charge in [0.05, 0.1) is 26.9 Å². The van der Waals surface area contributed by atoms with E-state index >= 15 is 0 Å². The maximum Gasteiger partial charge on any atom is 0.132 e. The average molecular weight is 280 g/mol. The van der Waals surface area contributed by atoms with Gasteiger partial charge in [0.1, 0.15) is 23.4 Å². The van der Waals surface area contributed by atoms with E-state index < -0.39 is 6.10 Å². The van der Waals surface area contributed by atoms with E-state index in [0.29, 0.717) is 22.8 Å². The van der Waals surface area contributed by atoms with Crippen molar-refractivity contribution >= 4 is 11.3 Å². The molecule has 0 fully saturated rings. The van der Waals surface area contributed by atoms with Crippen molar-refractivity contribution in [3.05, 3.63) is 40.1 Å². The van der Waals surface area contributed by atoms with Gasteiger partial charge in [0, 0.05) is 17.0 Å². The summed E-state index contributed by atoms with van der Waals surface area (Å²) in [5, 5.41) is 12.4. The molecule has 0 saturated heterocycles. The van der Waals surface area contributed by atoms with E-state index in [-0.39, 0.29) is 0 Å². The van der Waals surface area contributed by atoms with Gasteiger partial charge in [-0.05, 0) is 11.4 Å². The third-order valence-corrected chi connectivity index (χ3v) is 3.76. The third kappa shape index (κ3) is 2.67. The van der Waals surface area contributed by atoms with Crippen LogP contribution < -0.4 is 14.2 Å². The molecule has 1 aromatic carbocycles. The summed E-state index contributed by atoms with van der Waals surface area (Å²) in [5.74, 6) is 1.70. The topological polar surface area (TPSA) is 47.9 Å². The van der Waals surface area contributed by atoms with Gasteiger partial charge in [0.15, 0.2) is 0 Å². The van der Waals surface area contributed by atoms with E-state index in [1.165, 1.54) is 11.3 Å². The van der Waals surface area contributed by atoms with Crippen molar-refractivity contribution in [2.24, 2.45) is 0 Å². The minimum absolute atomic E-state index is 0.539. The summed E-state index contributed by atoms with van der Waals surface area (Å²) in [7, 11) is 4.68. The molecule has 0 radical (unpaired) electrons. The van der Waals surface area contributed by atoms with Gasteiger partial charge in [0.2, 0.25) is 0 Å². The normalized spacial score (nSPS) is 12.0. The largest absolute Gasteiger partial charge is 0.496 e. The molecule has 19 heavy (non-hydrogen) atoms. The van der Waals surface area contributed by atoms with E-state index in [4.69, 9.17) is 14.2 Å². The number of benzene rings is 1. The number of thiophene rings is 1. The second-order valence-electron chi connectivity index (χ2n) is 3.86. The monoisotopic (exact) mass is 280 g/mol. The van der Waals surface area contributed by atoms with Crippen LogP contribution in [0.3, 0.4) is 0 Å². The van der Waals surface area contributed by atoms with Crippen molar-refractivity contribution in [3.63, 3.8) is 0 Å². The van der Waals surface area contributed by atoms with Crippen LogP contribution in [0.15, 0.2) is 29.6 Å². The van der Waals surface area contributed by atoms with Crippen molar-refractivity contribution in [2.75, 3.05) is 21.3 Å². The SMILES string of the molecule is COc1cc(OC)c(C(O)c2cccs2)c(OC)c1. The first kappa shape index (κ1) is 13.7. The van der Waals surface area contributed by atoms with Gasteiger partial charge in [-0.1, -0.05) is 6.07 Å². The number of hydrogen-bond acceptors (Lipinski definition) is 5. The van der Waals surface area contributed by atoms with Crippen LogP contribution in [0.2, 0.25) is 0 Å². The molecule has 0 aliphatic heterocycles. The van der Waals surface area contributed by atoms with Gasteiger partial charge >= 0.3 is 0 Å². The summed E-state index contributed by atoms with van der Waals surface area (Å²) >= 11 is 1.48. The third-order valence-electron chi connectivity index (χ3n) is 2.84. The Bertz CT molecular complexity index is 511. The lowest BCUT2D eigenvalue weighted by Gasteiger charge is -2.18. The maximum absolute atomic E-state index is 10.5. The molecule has 2 rings (SSSR count). The quantitative estimate of drug-likeness (QED) is 0.915. The minimum Gasteiger partial charge on any atom is -0.496 e. The Hall–Kier alpha value is -1.72. The predicted octanol–water partition coefficient (Wildman–Crippen LogP) is 2.86. The highest BCUT2D eigenvalue weighted by Gasteiger charge is 2.22. The lowest BCUT2D eigenvalue weighted by molar-refractivity contribution is 0.212. The van der Waals surface area contributed by atoms with Crippen LogP contribution in [-0.2, 0) is 0 Å². The summed E-state index contributed by atoms with van der Waals surface area (Å²) in [6.07, 6.45) is -0.782. The smallest absolute Gasteiger partial charge is 0.132 e. The lowest BCUT2D eigenvalue weighted by Crippen LogP contribution is -2.04. The molecule has 1 unspecified atom stereocenters. The molecule has 102 valence electrons. The first-order valence-electron chi connectivity index (χ1n) is 5.72. The molecule has 0 aliphatic carbocycles. The highest BCUT2D eigenvalue weighted by atomic mass is 32.1. The van der Waals surface area contributed by atoms with Crippen LogP contribution in [0.4, 0.5) is 0 Å². The van der Waals surface area contributed by atoms with E-state index in [1.807, 2.05) is 17.5 Å². The van der Waals surface area contributed by atoms with Gasteiger partial charge in [-0.25, -0.2) is 0 Å². The second-order valence-corrected chi connectivity index (χ2v) is 4.84. The van der Waals surface area contributed by atoms with Crippen LogP contribution in [0.1, 0.15) is 16.5 Å². The number of rotatable bonds is 5. The molecular formula is C14H16O4S. The maximum atomic E-state index is 10.5. The van der Waals surface area contributed by atoms with Crippen LogP contribution in [0, 0.1) is 0 Å². The number of aliphatic hydroxyl groups excluding tert-OH is 1. The summed E-state index contributed by atoms with van der Waals surface area (Å²) in [6, 6.07) is 7.23. The molecule has 0 aliphatic rings. The number of methoxy groups -OCH3 is 3. The van der Waals surface area contributed by atoms with Gasteiger partial charge in [-0.2, -0.15) is 0 Å². The molecular weight excluding hydrogens is 264 g/mol. The summed E-state index contributed by atoms with van der Waals surface area (Å²) < 4.78 is 15.9. The molecule has 2 aromatic rings. The lowest BCUT2D eigenvalue weighted by atomic mass is 10.0. The van der Waals surface area contributed by atoms with Gasteiger partial charge in [0.25, 0.3) is 0 Å². The van der Waals surface area contributed by atoms with Crippen LogP contribution in [0.25, 0.3) is 0 Å². The molecule has 0 amide bonds. The van der Waals surface area contributed by atoms with Crippen molar-refractivity contribution in [2.45, 2.75) is 6.10 Å². The molecule has 1 atom stereocenters. The summed E-state index contributed by atoms with van der Waals surface area (Å²) in [4.78, 5) is 0.835. The van der Waals surface area contributed by atoms with E-state index in [0.717, 1.165) is 4.88 Å². The van der Waals surface area contributed by atoms with E-state index in [9.17, 15) is 5.11 Å². The highest BCUT2D eigenvalue weighted by Crippen LogP contribution is 2.41. The average Bonchev–Trinajstić information content (AvgIpc) is 2.99. The second kappa shape index (κ2) is 5.95. The predicted molar refractivity (Wildman–Crippen MR) is 74.5 cm³/mol. The molecule has 1 heterocycles. The molecule has 4 nitrogen and oxygen atoms in total. The van der Waals surface area contributed by atoms with Crippen LogP contribution in [-0.4, -0.2) is 26.4 Å². The number of ether oxygens (including phenoxy) is 3. The Labute approximate surface area is 116 Å². The van der Waals surface area contributed by atoms with Crippen LogP contribution >= 0.6 is 11.3 Å². The Morgan fingerprint density at radius 1 is 1.05 bits per heavy atom. The van der Waals surface area contributed by atoms with Crippen LogP contribution in [0.5, 0.6) is 17.2 Å². The standard InChI is InChI=1S/C14H16O4S/c1-16-9-7-10(17-2)13(11(8-9)18-3)14(15)12-5-4-6-19-12/h4-8,14-15H,1-3H3. The molecule has 0 saturated carbocycles. The zero-order valence-corrected chi connectivity index (χ0v) is 11.9.